The molecular formula is C15H18Cl2N2O2. The number of amides is 2. The first kappa shape index (κ1) is 14.9. The molecule has 0 atom stereocenters. The third-order valence-corrected chi connectivity index (χ3v) is 4.80. The first-order valence-corrected chi connectivity index (χ1v) is 7.96. The van der Waals surface area contributed by atoms with Crippen molar-refractivity contribution in [3.63, 3.8) is 0 Å². The number of piperidine rings is 1. The number of benzene rings is 1. The van der Waals surface area contributed by atoms with Crippen LogP contribution in [0.15, 0.2) is 18.2 Å². The minimum atomic E-state index is -0.559. The summed E-state index contributed by atoms with van der Waals surface area (Å²) in [6, 6.07) is 4.77. The highest BCUT2D eigenvalue weighted by molar-refractivity contribution is 6.35. The Kier molecular flexibility index (Phi) is 4.04. The zero-order valence-corrected chi connectivity index (χ0v) is 13.1. The Bertz CT molecular complexity index is 532. The number of nitrogens with zero attached hydrogens (tertiary/aromatic N) is 1. The molecule has 0 radical (unpaired) electrons. The molecule has 2 N–H and O–H groups in total. The van der Waals surface area contributed by atoms with Crippen LogP contribution < -0.4 is 5.32 Å². The van der Waals surface area contributed by atoms with E-state index in [1.807, 2.05) is 0 Å². The highest BCUT2D eigenvalue weighted by atomic mass is 35.5. The minimum absolute atomic E-state index is 0.175. The smallest absolute Gasteiger partial charge is 0.321 e. The van der Waals surface area contributed by atoms with E-state index in [1.165, 1.54) is 0 Å². The number of halogens is 2. The second-order valence-electron chi connectivity index (χ2n) is 5.95. The standard InChI is InChI=1S/C15H18Cl2N2O2/c16-11-7-12(17)9-13(8-11)18-14(20)19-5-3-15(21,4-6-19)10-1-2-10/h7-10,21H,1-6H2,(H,18,20). The van der Waals surface area contributed by atoms with Crippen molar-refractivity contribution in [3.05, 3.63) is 28.2 Å². The molecule has 0 aromatic heterocycles. The monoisotopic (exact) mass is 328 g/mol. The van der Waals surface area contributed by atoms with E-state index >= 15 is 0 Å². The van der Waals surface area contributed by atoms with Gasteiger partial charge in [-0.2, -0.15) is 0 Å². The lowest BCUT2D eigenvalue weighted by molar-refractivity contribution is -0.0297. The summed E-state index contributed by atoms with van der Waals surface area (Å²) in [5.74, 6) is 0.439. The average molecular weight is 329 g/mol. The Morgan fingerprint density at radius 3 is 2.29 bits per heavy atom. The van der Waals surface area contributed by atoms with Gasteiger partial charge >= 0.3 is 6.03 Å². The molecule has 114 valence electrons. The van der Waals surface area contributed by atoms with Crippen molar-refractivity contribution in [2.24, 2.45) is 5.92 Å². The molecular weight excluding hydrogens is 311 g/mol. The second kappa shape index (κ2) is 5.67. The van der Waals surface area contributed by atoms with Crippen LogP contribution in [0.5, 0.6) is 0 Å². The molecule has 1 heterocycles. The lowest BCUT2D eigenvalue weighted by Gasteiger charge is -2.38. The summed E-state index contributed by atoms with van der Waals surface area (Å²) in [7, 11) is 0. The number of anilines is 1. The Balaban J connectivity index is 1.59. The summed E-state index contributed by atoms with van der Waals surface area (Å²) in [5.41, 5.74) is 0.0244. The number of nitrogens with one attached hydrogen (secondary N) is 1. The molecule has 4 nitrogen and oxygen atoms in total. The zero-order valence-electron chi connectivity index (χ0n) is 11.6. The molecule has 21 heavy (non-hydrogen) atoms. The van der Waals surface area contributed by atoms with Crippen LogP contribution in [0.2, 0.25) is 10.0 Å². The number of carbonyl (C=O) groups excluding carboxylic acids is 1. The van der Waals surface area contributed by atoms with Crippen molar-refractivity contribution in [1.82, 2.24) is 4.90 Å². The summed E-state index contributed by atoms with van der Waals surface area (Å²) in [5, 5.41) is 14.3. The van der Waals surface area contributed by atoms with Gasteiger partial charge in [0.1, 0.15) is 0 Å². The van der Waals surface area contributed by atoms with E-state index in [1.54, 1.807) is 23.1 Å². The Morgan fingerprint density at radius 2 is 1.76 bits per heavy atom. The number of hydrogen-bond donors (Lipinski definition) is 2. The van der Waals surface area contributed by atoms with Gasteiger partial charge in [-0.1, -0.05) is 23.2 Å². The van der Waals surface area contributed by atoms with Crippen LogP contribution in [-0.4, -0.2) is 34.7 Å². The van der Waals surface area contributed by atoms with Crippen molar-refractivity contribution in [1.29, 1.82) is 0 Å². The van der Waals surface area contributed by atoms with Gasteiger partial charge in [0.2, 0.25) is 0 Å². The molecule has 0 spiro atoms. The fraction of sp³-hybridized carbons (Fsp3) is 0.533. The quantitative estimate of drug-likeness (QED) is 0.868. The minimum Gasteiger partial charge on any atom is -0.389 e. The van der Waals surface area contributed by atoms with E-state index in [2.05, 4.69) is 5.32 Å². The van der Waals surface area contributed by atoms with Crippen molar-refractivity contribution >= 4 is 34.9 Å². The van der Waals surface area contributed by atoms with E-state index < -0.39 is 5.60 Å². The SMILES string of the molecule is O=C(Nc1cc(Cl)cc(Cl)c1)N1CCC(O)(C2CC2)CC1. The third-order valence-electron chi connectivity index (χ3n) is 4.37. The normalized spacial score (nSPS) is 21.2. The first-order valence-electron chi connectivity index (χ1n) is 7.21. The summed E-state index contributed by atoms with van der Waals surface area (Å²) in [4.78, 5) is 14.0. The lowest BCUT2D eigenvalue weighted by atomic mass is 9.87. The molecule has 1 saturated carbocycles. The van der Waals surface area contributed by atoms with Gasteiger partial charge in [0.15, 0.2) is 0 Å². The van der Waals surface area contributed by atoms with Crippen LogP contribution in [0.1, 0.15) is 25.7 Å². The van der Waals surface area contributed by atoms with E-state index in [0.29, 0.717) is 47.6 Å². The Hall–Kier alpha value is -0.970. The maximum Gasteiger partial charge on any atom is 0.321 e. The van der Waals surface area contributed by atoms with Crippen LogP contribution in [-0.2, 0) is 0 Å². The molecule has 2 fully saturated rings. The van der Waals surface area contributed by atoms with E-state index in [0.717, 1.165) is 12.8 Å². The highest BCUT2D eigenvalue weighted by Crippen LogP contribution is 2.45. The molecule has 1 aromatic carbocycles. The van der Waals surface area contributed by atoms with Gasteiger partial charge in [-0.3, -0.25) is 0 Å². The van der Waals surface area contributed by atoms with Crippen LogP contribution in [0.4, 0.5) is 10.5 Å². The molecule has 1 saturated heterocycles. The fourth-order valence-corrected chi connectivity index (χ4v) is 3.48. The highest BCUT2D eigenvalue weighted by Gasteiger charge is 2.45. The summed E-state index contributed by atoms with van der Waals surface area (Å²) in [6.07, 6.45) is 3.54. The molecule has 1 aromatic rings. The van der Waals surface area contributed by atoms with Crippen LogP contribution in [0.3, 0.4) is 0 Å². The van der Waals surface area contributed by atoms with Crippen molar-refractivity contribution in [2.45, 2.75) is 31.3 Å². The maximum absolute atomic E-state index is 12.2. The van der Waals surface area contributed by atoms with Gasteiger partial charge in [-0.25, -0.2) is 4.79 Å². The predicted octanol–water partition coefficient (Wildman–Crippen LogP) is 3.76. The molecule has 1 aliphatic heterocycles. The zero-order chi connectivity index (χ0) is 15.0. The van der Waals surface area contributed by atoms with Gasteiger partial charge in [-0.05, 0) is 49.8 Å². The predicted molar refractivity (Wildman–Crippen MR) is 84.0 cm³/mol. The topological polar surface area (TPSA) is 52.6 Å². The summed E-state index contributed by atoms with van der Waals surface area (Å²) < 4.78 is 0. The summed E-state index contributed by atoms with van der Waals surface area (Å²) >= 11 is 11.8. The van der Waals surface area contributed by atoms with Crippen LogP contribution in [0, 0.1) is 5.92 Å². The van der Waals surface area contributed by atoms with Crippen LogP contribution >= 0.6 is 23.2 Å². The lowest BCUT2D eigenvalue weighted by Crippen LogP contribution is -2.49. The van der Waals surface area contributed by atoms with Gasteiger partial charge in [0, 0.05) is 28.8 Å². The maximum atomic E-state index is 12.2. The molecule has 1 aliphatic carbocycles. The largest absolute Gasteiger partial charge is 0.389 e. The van der Waals surface area contributed by atoms with Gasteiger partial charge in [0.25, 0.3) is 0 Å². The van der Waals surface area contributed by atoms with Crippen LogP contribution in [0.25, 0.3) is 0 Å². The van der Waals surface area contributed by atoms with Crippen molar-refractivity contribution in [2.75, 3.05) is 18.4 Å². The van der Waals surface area contributed by atoms with E-state index in [9.17, 15) is 9.90 Å². The average Bonchev–Trinajstić information content (AvgIpc) is 3.22. The molecule has 2 amide bonds. The molecule has 2 aliphatic rings. The Labute approximate surface area is 134 Å². The molecule has 0 unspecified atom stereocenters. The number of carbonyl (C=O) groups is 1. The van der Waals surface area contributed by atoms with Crippen molar-refractivity contribution < 1.29 is 9.90 Å². The fourth-order valence-electron chi connectivity index (χ4n) is 2.95. The molecule has 0 bridgehead atoms. The second-order valence-corrected chi connectivity index (χ2v) is 6.83. The molecule has 6 heteroatoms. The van der Waals surface area contributed by atoms with Gasteiger partial charge in [-0.15, -0.1) is 0 Å². The Morgan fingerprint density at radius 1 is 1.19 bits per heavy atom. The third kappa shape index (κ3) is 3.44. The van der Waals surface area contributed by atoms with E-state index in [-0.39, 0.29) is 6.03 Å². The number of hydrogen-bond acceptors (Lipinski definition) is 2. The number of likely N-dealkylation sites (tertiary alicyclic amines) is 1. The number of urea groups is 1. The van der Waals surface area contributed by atoms with Crippen molar-refractivity contribution in [3.8, 4) is 0 Å². The number of rotatable bonds is 2. The van der Waals surface area contributed by atoms with E-state index in [4.69, 9.17) is 23.2 Å². The summed E-state index contributed by atoms with van der Waals surface area (Å²) in [6.45, 7) is 1.15. The first-order chi connectivity index (χ1) is 9.96. The van der Waals surface area contributed by atoms with Gasteiger partial charge < -0.3 is 15.3 Å². The molecule has 3 rings (SSSR count). The number of aliphatic hydroxyl groups is 1. The van der Waals surface area contributed by atoms with Gasteiger partial charge in [0.05, 0.1) is 5.60 Å².